The van der Waals surface area contributed by atoms with Crippen LogP contribution in [0.2, 0.25) is 0 Å². The molecule has 4 nitrogen and oxygen atoms in total. The van der Waals surface area contributed by atoms with E-state index < -0.39 is 10.0 Å². The molecular weight excluding hydrogens is 236 g/mol. The van der Waals surface area contributed by atoms with Gasteiger partial charge in [0.1, 0.15) is 0 Å². The summed E-state index contributed by atoms with van der Waals surface area (Å²) in [5.41, 5.74) is 0.784. The highest BCUT2D eigenvalue weighted by Gasteiger charge is 2.17. The summed E-state index contributed by atoms with van der Waals surface area (Å²) in [5, 5.41) is 2.97. The summed E-state index contributed by atoms with van der Waals surface area (Å²) >= 11 is 0. The molecule has 1 aromatic rings. The van der Waals surface area contributed by atoms with Crippen LogP contribution in [0.1, 0.15) is 19.4 Å². The molecule has 1 rings (SSSR count). The number of hydrogen-bond acceptors (Lipinski definition) is 3. The first kappa shape index (κ1) is 14.2. The Kier molecular flexibility index (Phi) is 5.11. The summed E-state index contributed by atoms with van der Waals surface area (Å²) < 4.78 is 26.8. The van der Waals surface area contributed by atoms with Crippen molar-refractivity contribution in [1.82, 2.24) is 10.0 Å². The summed E-state index contributed by atoms with van der Waals surface area (Å²) in [6, 6.07) is 7.03. The molecule has 0 heterocycles. The molecule has 0 saturated carbocycles. The lowest BCUT2D eigenvalue weighted by atomic mass is 10.2. The molecule has 0 aliphatic rings. The fourth-order valence-corrected chi connectivity index (χ4v) is 2.91. The van der Waals surface area contributed by atoms with Crippen LogP contribution >= 0.6 is 0 Å². The van der Waals surface area contributed by atoms with Gasteiger partial charge in [-0.3, -0.25) is 0 Å². The zero-order valence-corrected chi connectivity index (χ0v) is 11.3. The minimum atomic E-state index is -3.40. The van der Waals surface area contributed by atoms with Crippen LogP contribution in [-0.2, 0) is 16.6 Å². The molecule has 0 aliphatic carbocycles. The zero-order chi connectivity index (χ0) is 12.9. The van der Waals surface area contributed by atoms with E-state index in [1.165, 1.54) is 0 Å². The molecule has 0 spiro atoms. The number of nitrogens with one attached hydrogen (secondary N) is 2. The maximum atomic E-state index is 12.1. The fraction of sp³-hybridized carbons (Fsp3) is 0.500. The van der Waals surface area contributed by atoms with Crippen LogP contribution in [0, 0.1) is 5.92 Å². The molecule has 0 radical (unpaired) electrons. The highest BCUT2D eigenvalue weighted by molar-refractivity contribution is 7.89. The Hall–Kier alpha value is -0.910. The second-order valence-corrected chi connectivity index (χ2v) is 6.12. The van der Waals surface area contributed by atoms with E-state index in [1.54, 1.807) is 19.2 Å². The largest absolute Gasteiger partial charge is 0.316 e. The van der Waals surface area contributed by atoms with Gasteiger partial charge in [-0.25, -0.2) is 13.1 Å². The summed E-state index contributed by atoms with van der Waals surface area (Å²) in [5.74, 6) is 0.293. The second-order valence-electron chi connectivity index (χ2n) is 4.38. The molecular formula is C12H20N2O2S. The molecule has 0 bridgehead atoms. The van der Waals surface area contributed by atoms with Crippen molar-refractivity contribution in [3.05, 3.63) is 29.8 Å². The van der Waals surface area contributed by atoms with Crippen molar-refractivity contribution in [2.45, 2.75) is 25.3 Å². The van der Waals surface area contributed by atoms with Crippen LogP contribution in [0.25, 0.3) is 0 Å². The van der Waals surface area contributed by atoms with Crippen LogP contribution in [0.3, 0.4) is 0 Å². The van der Waals surface area contributed by atoms with E-state index in [0.29, 0.717) is 23.9 Å². The highest BCUT2D eigenvalue weighted by Crippen LogP contribution is 2.15. The van der Waals surface area contributed by atoms with E-state index in [4.69, 9.17) is 0 Å². The Bertz CT molecular complexity index is 455. The maximum absolute atomic E-state index is 12.1. The summed E-state index contributed by atoms with van der Waals surface area (Å²) in [7, 11) is -1.60. The highest BCUT2D eigenvalue weighted by atomic mass is 32.2. The number of hydrogen-bond donors (Lipinski definition) is 2. The number of rotatable bonds is 6. The molecule has 2 N–H and O–H groups in total. The van der Waals surface area contributed by atoms with Gasteiger partial charge in [0.15, 0.2) is 0 Å². The smallest absolute Gasteiger partial charge is 0.240 e. The van der Waals surface area contributed by atoms with Gasteiger partial charge in [-0.05, 0) is 24.6 Å². The molecule has 1 aromatic carbocycles. The van der Waals surface area contributed by atoms with Crippen LogP contribution in [0.15, 0.2) is 29.2 Å². The van der Waals surface area contributed by atoms with Crippen molar-refractivity contribution < 1.29 is 8.42 Å². The predicted octanol–water partition coefficient (Wildman–Crippen LogP) is 1.34. The first-order valence-corrected chi connectivity index (χ1v) is 7.18. The van der Waals surface area contributed by atoms with Gasteiger partial charge >= 0.3 is 0 Å². The van der Waals surface area contributed by atoms with Gasteiger partial charge in [0.05, 0.1) is 4.90 Å². The lowest BCUT2D eigenvalue weighted by Gasteiger charge is -2.12. The number of sulfonamides is 1. The van der Waals surface area contributed by atoms with Gasteiger partial charge in [0.2, 0.25) is 10.0 Å². The van der Waals surface area contributed by atoms with Gasteiger partial charge in [0, 0.05) is 13.1 Å². The lowest BCUT2D eigenvalue weighted by Crippen LogP contribution is -2.28. The Morgan fingerprint density at radius 3 is 2.47 bits per heavy atom. The van der Waals surface area contributed by atoms with Crippen molar-refractivity contribution in [2.24, 2.45) is 5.92 Å². The van der Waals surface area contributed by atoms with Crippen molar-refractivity contribution >= 4 is 10.0 Å². The van der Waals surface area contributed by atoms with E-state index in [1.807, 2.05) is 26.0 Å². The van der Waals surface area contributed by atoms with Crippen molar-refractivity contribution in [3.63, 3.8) is 0 Å². The third-order valence-corrected chi connectivity index (χ3v) is 3.83. The zero-order valence-electron chi connectivity index (χ0n) is 10.5. The topological polar surface area (TPSA) is 58.2 Å². The third kappa shape index (κ3) is 4.11. The second kappa shape index (κ2) is 6.14. The summed E-state index contributed by atoms with van der Waals surface area (Å²) in [6.07, 6.45) is 0. The summed E-state index contributed by atoms with van der Waals surface area (Å²) in [4.78, 5) is 0.356. The molecule has 96 valence electrons. The average Bonchev–Trinajstić information content (AvgIpc) is 2.28. The lowest BCUT2D eigenvalue weighted by molar-refractivity contribution is 0.558. The quantitative estimate of drug-likeness (QED) is 0.807. The maximum Gasteiger partial charge on any atom is 0.240 e. The molecule has 0 fully saturated rings. The minimum Gasteiger partial charge on any atom is -0.316 e. The molecule has 5 heteroatoms. The molecule has 0 unspecified atom stereocenters. The molecule has 0 aliphatic heterocycles. The van der Waals surface area contributed by atoms with E-state index in [2.05, 4.69) is 10.0 Å². The van der Waals surface area contributed by atoms with E-state index >= 15 is 0 Å². The van der Waals surface area contributed by atoms with Crippen molar-refractivity contribution in [1.29, 1.82) is 0 Å². The van der Waals surface area contributed by atoms with Crippen LogP contribution in [-0.4, -0.2) is 22.0 Å². The van der Waals surface area contributed by atoms with Crippen molar-refractivity contribution in [2.75, 3.05) is 13.6 Å². The molecule has 0 amide bonds. The summed E-state index contributed by atoms with van der Waals surface area (Å²) in [6.45, 7) is 4.94. The van der Waals surface area contributed by atoms with Gasteiger partial charge < -0.3 is 5.32 Å². The molecule has 17 heavy (non-hydrogen) atoms. The Balaban J connectivity index is 2.97. The van der Waals surface area contributed by atoms with Crippen LogP contribution < -0.4 is 10.0 Å². The first-order chi connectivity index (χ1) is 7.97. The Labute approximate surface area is 103 Å². The Morgan fingerprint density at radius 1 is 1.24 bits per heavy atom. The van der Waals surface area contributed by atoms with Gasteiger partial charge in [-0.15, -0.1) is 0 Å². The predicted molar refractivity (Wildman–Crippen MR) is 69.2 cm³/mol. The minimum absolute atomic E-state index is 0.293. The Morgan fingerprint density at radius 2 is 1.88 bits per heavy atom. The van der Waals surface area contributed by atoms with E-state index in [9.17, 15) is 8.42 Å². The van der Waals surface area contributed by atoms with E-state index in [0.717, 1.165) is 5.56 Å². The standard InChI is InChI=1S/C12H20N2O2S/c1-10(2)8-14-17(15,16)12-7-5-4-6-11(12)9-13-3/h4-7,10,13-14H,8-9H2,1-3H3. The average molecular weight is 256 g/mol. The SMILES string of the molecule is CNCc1ccccc1S(=O)(=O)NCC(C)C. The van der Waals surface area contributed by atoms with E-state index in [-0.39, 0.29) is 0 Å². The third-order valence-electron chi connectivity index (χ3n) is 2.31. The fourth-order valence-electron chi connectivity index (χ4n) is 1.46. The monoisotopic (exact) mass is 256 g/mol. The normalized spacial score (nSPS) is 12.0. The van der Waals surface area contributed by atoms with Gasteiger partial charge in [-0.1, -0.05) is 32.0 Å². The van der Waals surface area contributed by atoms with Crippen LogP contribution in [0.5, 0.6) is 0 Å². The molecule has 0 atom stereocenters. The van der Waals surface area contributed by atoms with Crippen LogP contribution in [0.4, 0.5) is 0 Å². The molecule has 0 aromatic heterocycles. The van der Waals surface area contributed by atoms with Gasteiger partial charge in [-0.2, -0.15) is 0 Å². The number of benzene rings is 1. The van der Waals surface area contributed by atoms with Crippen molar-refractivity contribution in [3.8, 4) is 0 Å². The molecule has 0 saturated heterocycles. The van der Waals surface area contributed by atoms with Gasteiger partial charge in [0.25, 0.3) is 0 Å². The first-order valence-electron chi connectivity index (χ1n) is 5.69.